The van der Waals surface area contributed by atoms with Crippen molar-refractivity contribution in [2.75, 3.05) is 5.88 Å². The van der Waals surface area contributed by atoms with Crippen LogP contribution in [0.1, 0.15) is 12.2 Å². The smallest absolute Gasteiger partial charge is 0.134 e. The number of hydrogen-bond acceptors (Lipinski definition) is 1. The largest absolute Gasteiger partial charge is 0.461 e. The molecule has 0 fully saturated rings. The maximum atomic E-state index is 5.71. The van der Waals surface area contributed by atoms with Gasteiger partial charge in [-0.1, -0.05) is 30.3 Å². The standard InChI is InChI=1S/C13H13ClO/c14-10-4-7-12-8-9-13(15-12)11-5-2-1-3-6-11/h1-3,5-6,8-9H,4,7,10H2. The molecule has 0 bridgehead atoms. The van der Waals surface area contributed by atoms with Crippen LogP contribution in [0, 0.1) is 0 Å². The van der Waals surface area contributed by atoms with Crippen LogP contribution in [0.3, 0.4) is 0 Å². The number of alkyl halides is 1. The molecule has 0 saturated carbocycles. The van der Waals surface area contributed by atoms with Gasteiger partial charge in [0.15, 0.2) is 0 Å². The van der Waals surface area contributed by atoms with Crippen LogP contribution in [0.5, 0.6) is 0 Å². The third kappa shape index (κ3) is 2.63. The van der Waals surface area contributed by atoms with Crippen LogP contribution in [0.4, 0.5) is 0 Å². The average molecular weight is 221 g/mol. The predicted molar refractivity (Wildman–Crippen MR) is 63.2 cm³/mol. The van der Waals surface area contributed by atoms with E-state index in [9.17, 15) is 0 Å². The summed E-state index contributed by atoms with van der Waals surface area (Å²) in [6.07, 6.45) is 1.87. The molecular formula is C13H13ClO. The van der Waals surface area contributed by atoms with E-state index in [2.05, 4.69) is 0 Å². The van der Waals surface area contributed by atoms with Gasteiger partial charge in [0.25, 0.3) is 0 Å². The lowest BCUT2D eigenvalue weighted by molar-refractivity contribution is 0.519. The van der Waals surface area contributed by atoms with Crippen LogP contribution >= 0.6 is 11.6 Å². The number of benzene rings is 1. The van der Waals surface area contributed by atoms with Gasteiger partial charge in [0.05, 0.1) is 0 Å². The van der Waals surface area contributed by atoms with Crippen molar-refractivity contribution in [3.63, 3.8) is 0 Å². The molecule has 1 aromatic heterocycles. The summed E-state index contributed by atoms with van der Waals surface area (Å²) in [5.74, 6) is 2.62. The van der Waals surface area contributed by atoms with Gasteiger partial charge in [-0.2, -0.15) is 0 Å². The zero-order valence-electron chi connectivity index (χ0n) is 8.45. The van der Waals surface area contributed by atoms with Crippen molar-refractivity contribution < 1.29 is 4.42 Å². The van der Waals surface area contributed by atoms with E-state index in [1.165, 1.54) is 0 Å². The van der Waals surface area contributed by atoms with Gasteiger partial charge in [-0.05, 0) is 18.6 Å². The highest BCUT2D eigenvalue weighted by Crippen LogP contribution is 2.22. The van der Waals surface area contributed by atoms with Crippen LogP contribution in [-0.4, -0.2) is 5.88 Å². The number of rotatable bonds is 4. The highest BCUT2D eigenvalue weighted by Gasteiger charge is 2.03. The zero-order chi connectivity index (χ0) is 10.5. The first-order chi connectivity index (χ1) is 7.40. The molecule has 1 heterocycles. The monoisotopic (exact) mass is 220 g/mol. The van der Waals surface area contributed by atoms with Crippen LogP contribution in [0.15, 0.2) is 46.9 Å². The summed E-state index contributed by atoms with van der Waals surface area (Å²) in [6, 6.07) is 14.1. The molecular weight excluding hydrogens is 208 g/mol. The SMILES string of the molecule is ClCCCc1ccc(-c2ccccc2)o1. The minimum absolute atomic E-state index is 0.682. The van der Waals surface area contributed by atoms with Gasteiger partial charge in [0.2, 0.25) is 0 Å². The zero-order valence-corrected chi connectivity index (χ0v) is 9.20. The molecule has 78 valence electrons. The Hall–Kier alpha value is -1.21. The summed E-state index contributed by atoms with van der Waals surface area (Å²) in [5.41, 5.74) is 1.12. The van der Waals surface area contributed by atoms with Crippen LogP contribution < -0.4 is 0 Å². The predicted octanol–water partition coefficient (Wildman–Crippen LogP) is 4.12. The van der Waals surface area contributed by atoms with E-state index in [-0.39, 0.29) is 0 Å². The Morgan fingerprint density at radius 1 is 1.00 bits per heavy atom. The molecule has 0 radical (unpaired) electrons. The number of halogens is 1. The molecule has 1 nitrogen and oxygen atoms in total. The van der Waals surface area contributed by atoms with Crippen LogP contribution in [0.25, 0.3) is 11.3 Å². The summed E-state index contributed by atoms with van der Waals surface area (Å²) < 4.78 is 5.71. The van der Waals surface area contributed by atoms with Crippen LogP contribution in [-0.2, 0) is 6.42 Å². The summed E-state index contributed by atoms with van der Waals surface area (Å²) in [6.45, 7) is 0. The Labute approximate surface area is 94.7 Å². The summed E-state index contributed by atoms with van der Waals surface area (Å²) >= 11 is 5.63. The van der Waals surface area contributed by atoms with E-state index < -0.39 is 0 Å². The van der Waals surface area contributed by atoms with Crippen molar-refractivity contribution in [2.24, 2.45) is 0 Å². The topological polar surface area (TPSA) is 13.1 Å². The molecule has 0 aliphatic carbocycles. The quantitative estimate of drug-likeness (QED) is 0.707. The van der Waals surface area contributed by atoms with Crippen molar-refractivity contribution in [2.45, 2.75) is 12.8 Å². The Bertz CT molecular complexity index is 405. The van der Waals surface area contributed by atoms with E-state index in [0.717, 1.165) is 29.9 Å². The fraction of sp³-hybridized carbons (Fsp3) is 0.231. The number of hydrogen-bond donors (Lipinski definition) is 0. The third-order valence-corrected chi connectivity index (χ3v) is 2.54. The van der Waals surface area contributed by atoms with E-state index >= 15 is 0 Å². The molecule has 0 spiro atoms. The van der Waals surface area contributed by atoms with E-state index in [0.29, 0.717) is 5.88 Å². The molecule has 0 amide bonds. The average Bonchev–Trinajstić information content (AvgIpc) is 2.76. The molecule has 2 aromatic rings. The highest BCUT2D eigenvalue weighted by atomic mass is 35.5. The Balaban J connectivity index is 2.14. The molecule has 1 aromatic carbocycles. The molecule has 2 rings (SSSR count). The first-order valence-corrected chi connectivity index (χ1v) is 5.63. The maximum Gasteiger partial charge on any atom is 0.134 e. The normalized spacial score (nSPS) is 10.5. The highest BCUT2D eigenvalue weighted by molar-refractivity contribution is 6.17. The van der Waals surface area contributed by atoms with Crippen LogP contribution in [0.2, 0.25) is 0 Å². The van der Waals surface area contributed by atoms with Gasteiger partial charge in [0.1, 0.15) is 11.5 Å². The molecule has 0 saturated heterocycles. The van der Waals surface area contributed by atoms with Gasteiger partial charge in [-0.3, -0.25) is 0 Å². The molecule has 15 heavy (non-hydrogen) atoms. The van der Waals surface area contributed by atoms with Crippen molar-refractivity contribution >= 4 is 11.6 Å². The molecule has 0 aliphatic rings. The molecule has 0 unspecified atom stereocenters. The third-order valence-electron chi connectivity index (χ3n) is 2.28. The summed E-state index contributed by atoms with van der Waals surface area (Å²) in [7, 11) is 0. The molecule has 0 aliphatic heterocycles. The lowest BCUT2D eigenvalue weighted by Crippen LogP contribution is -1.81. The lowest BCUT2D eigenvalue weighted by Gasteiger charge is -1.96. The van der Waals surface area contributed by atoms with Crippen molar-refractivity contribution in [3.8, 4) is 11.3 Å². The van der Waals surface area contributed by atoms with E-state index in [1.807, 2.05) is 42.5 Å². The second-order valence-electron chi connectivity index (χ2n) is 3.42. The molecule has 0 N–H and O–H groups in total. The van der Waals surface area contributed by atoms with Crippen molar-refractivity contribution in [3.05, 3.63) is 48.2 Å². The Morgan fingerprint density at radius 3 is 2.53 bits per heavy atom. The fourth-order valence-electron chi connectivity index (χ4n) is 1.51. The van der Waals surface area contributed by atoms with Gasteiger partial charge in [0, 0.05) is 17.9 Å². The second kappa shape index (κ2) is 5.04. The van der Waals surface area contributed by atoms with Gasteiger partial charge in [-0.15, -0.1) is 11.6 Å². The number of furan rings is 1. The summed E-state index contributed by atoms with van der Waals surface area (Å²) in [5, 5.41) is 0. The van der Waals surface area contributed by atoms with E-state index in [4.69, 9.17) is 16.0 Å². The minimum atomic E-state index is 0.682. The number of aryl methyl sites for hydroxylation is 1. The first kappa shape index (κ1) is 10.3. The summed E-state index contributed by atoms with van der Waals surface area (Å²) in [4.78, 5) is 0. The van der Waals surface area contributed by atoms with Gasteiger partial charge >= 0.3 is 0 Å². The Kier molecular flexibility index (Phi) is 3.46. The second-order valence-corrected chi connectivity index (χ2v) is 3.80. The van der Waals surface area contributed by atoms with Crippen molar-refractivity contribution in [1.82, 2.24) is 0 Å². The molecule has 2 heteroatoms. The first-order valence-electron chi connectivity index (χ1n) is 5.10. The lowest BCUT2D eigenvalue weighted by atomic mass is 10.2. The maximum absolute atomic E-state index is 5.71. The van der Waals surface area contributed by atoms with Crippen molar-refractivity contribution in [1.29, 1.82) is 0 Å². The minimum Gasteiger partial charge on any atom is -0.461 e. The Morgan fingerprint density at radius 2 is 1.80 bits per heavy atom. The van der Waals surface area contributed by atoms with E-state index in [1.54, 1.807) is 0 Å². The fourth-order valence-corrected chi connectivity index (χ4v) is 1.64. The van der Waals surface area contributed by atoms with Gasteiger partial charge in [-0.25, -0.2) is 0 Å². The van der Waals surface area contributed by atoms with Gasteiger partial charge < -0.3 is 4.42 Å². The molecule has 0 atom stereocenters.